The molecule has 0 atom stereocenters. The molecule has 3 aromatic carbocycles. The summed E-state index contributed by atoms with van der Waals surface area (Å²) in [6.45, 7) is 1.95. The molecule has 1 heterocycles. The van der Waals surface area contributed by atoms with Crippen LogP contribution in [0, 0.1) is 0 Å². The fourth-order valence-electron chi connectivity index (χ4n) is 2.82. The van der Waals surface area contributed by atoms with Crippen molar-refractivity contribution in [2.45, 2.75) is 6.92 Å². The molecule has 0 aliphatic rings. The molecule has 1 aromatic heterocycles. The van der Waals surface area contributed by atoms with Crippen LogP contribution < -0.4 is 5.43 Å². The van der Waals surface area contributed by atoms with E-state index >= 15 is 0 Å². The van der Waals surface area contributed by atoms with Gasteiger partial charge in [0.2, 0.25) is 0 Å². The molecule has 0 amide bonds. The maximum absolute atomic E-state index is 6.35. The summed E-state index contributed by atoms with van der Waals surface area (Å²) < 4.78 is 1.03. The first-order chi connectivity index (χ1) is 13.6. The summed E-state index contributed by atoms with van der Waals surface area (Å²) in [5.41, 5.74) is 6.61. The fraction of sp³-hybridized carbons (Fsp3) is 0.0455. The van der Waals surface area contributed by atoms with Crippen molar-refractivity contribution in [3.05, 3.63) is 87.9 Å². The lowest BCUT2D eigenvalue weighted by Gasteiger charge is -2.10. The minimum Gasteiger partial charge on any atom is -0.260 e. The van der Waals surface area contributed by atoms with Gasteiger partial charge in [0, 0.05) is 15.4 Å². The first kappa shape index (κ1) is 18.6. The summed E-state index contributed by atoms with van der Waals surface area (Å²) in [7, 11) is 0. The van der Waals surface area contributed by atoms with Crippen LogP contribution in [-0.4, -0.2) is 15.7 Å². The number of nitrogens with zero attached hydrogens (tertiary/aromatic N) is 3. The third-order valence-corrected chi connectivity index (χ3v) is 5.17. The van der Waals surface area contributed by atoms with Gasteiger partial charge >= 0.3 is 0 Å². The van der Waals surface area contributed by atoms with Crippen LogP contribution in [0.4, 0.5) is 5.82 Å². The van der Waals surface area contributed by atoms with Crippen molar-refractivity contribution in [3.63, 3.8) is 0 Å². The van der Waals surface area contributed by atoms with Crippen LogP contribution in [0.5, 0.6) is 0 Å². The van der Waals surface area contributed by atoms with Gasteiger partial charge in [-0.1, -0.05) is 63.9 Å². The van der Waals surface area contributed by atoms with E-state index in [9.17, 15) is 0 Å². The first-order valence-electron chi connectivity index (χ1n) is 8.70. The molecule has 0 unspecified atom stereocenters. The number of nitrogens with one attached hydrogen (secondary N) is 1. The number of para-hydroxylation sites is 1. The summed E-state index contributed by atoms with van der Waals surface area (Å²) in [5.74, 6) is 1.19. The highest BCUT2D eigenvalue weighted by atomic mass is 79.9. The molecule has 6 heteroatoms. The van der Waals surface area contributed by atoms with E-state index in [0.717, 1.165) is 32.2 Å². The first-order valence-corrected chi connectivity index (χ1v) is 9.87. The van der Waals surface area contributed by atoms with Crippen LogP contribution in [0.15, 0.2) is 82.4 Å². The maximum atomic E-state index is 6.35. The monoisotopic (exact) mass is 450 g/mol. The van der Waals surface area contributed by atoms with E-state index in [1.54, 1.807) is 0 Å². The van der Waals surface area contributed by atoms with E-state index < -0.39 is 0 Å². The molecule has 0 radical (unpaired) electrons. The maximum Gasteiger partial charge on any atom is 0.163 e. The van der Waals surface area contributed by atoms with Gasteiger partial charge in [0.25, 0.3) is 0 Å². The van der Waals surface area contributed by atoms with Crippen LogP contribution in [0.25, 0.3) is 22.3 Å². The van der Waals surface area contributed by atoms with Gasteiger partial charge in [0.15, 0.2) is 11.6 Å². The Hall–Kier alpha value is -2.76. The minimum atomic E-state index is 0.559. The molecule has 0 bridgehead atoms. The summed E-state index contributed by atoms with van der Waals surface area (Å²) in [5, 5.41) is 6.03. The van der Waals surface area contributed by atoms with E-state index in [4.69, 9.17) is 16.6 Å². The fourth-order valence-corrected chi connectivity index (χ4v) is 3.30. The standard InChI is InChI=1S/C22H16BrClN4/c1-14(15-10-12-16(23)13-11-15)27-28-22-18-7-3-5-9-20(18)25-21(26-22)17-6-2-4-8-19(17)24/h2-13H,1H3,(H,25,26,28). The van der Waals surface area contributed by atoms with Gasteiger partial charge in [-0.2, -0.15) is 5.10 Å². The van der Waals surface area contributed by atoms with E-state index in [-0.39, 0.29) is 0 Å². The zero-order valence-electron chi connectivity index (χ0n) is 15.0. The van der Waals surface area contributed by atoms with Gasteiger partial charge < -0.3 is 0 Å². The van der Waals surface area contributed by atoms with Crippen molar-refractivity contribution >= 4 is 50.0 Å². The average molecular weight is 452 g/mol. The Kier molecular flexibility index (Phi) is 5.37. The van der Waals surface area contributed by atoms with Crippen molar-refractivity contribution < 1.29 is 0 Å². The number of anilines is 1. The van der Waals surface area contributed by atoms with Gasteiger partial charge in [-0.25, -0.2) is 9.97 Å². The van der Waals surface area contributed by atoms with E-state index in [2.05, 4.69) is 31.4 Å². The average Bonchev–Trinajstić information content (AvgIpc) is 2.72. The number of aromatic nitrogens is 2. The highest BCUT2D eigenvalue weighted by Crippen LogP contribution is 2.29. The van der Waals surface area contributed by atoms with Gasteiger partial charge in [-0.3, -0.25) is 5.43 Å². The number of hydrogen-bond acceptors (Lipinski definition) is 4. The van der Waals surface area contributed by atoms with Gasteiger partial charge in [0.05, 0.1) is 16.3 Å². The van der Waals surface area contributed by atoms with E-state index in [1.807, 2.05) is 79.7 Å². The number of benzene rings is 3. The molecule has 0 aliphatic heterocycles. The van der Waals surface area contributed by atoms with Crippen LogP contribution in [-0.2, 0) is 0 Å². The quantitative estimate of drug-likeness (QED) is 0.283. The molecular weight excluding hydrogens is 436 g/mol. The third kappa shape index (κ3) is 3.91. The molecule has 0 saturated heterocycles. The zero-order valence-corrected chi connectivity index (χ0v) is 17.4. The third-order valence-electron chi connectivity index (χ3n) is 4.31. The summed E-state index contributed by atoms with van der Waals surface area (Å²) >= 11 is 9.80. The number of rotatable bonds is 4. The summed E-state index contributed by atoms with van der Waals surface area (Å²) in [4.78, 5) is 9.36. The Morgan fingerprint density at radius 3 is 2.43 bits per heavy atom. The number of hydrogen-bond donors (Lipinski definition) is 1. The molecule has 0 spiro atoms. The molecule has 1 N–H and O–H groups in total. The number of fused-ring (bicyclic) bond motifs is 1. The van der Waals surface area contributed by atoms with E-state index in [0.29, 0.717) is 16.7 Å². The Labute approximate surface area is 176 Å². The SMILES string of the molecule is CC(=NNc1nc(-c2ccccc2Cl)nc2ccccc12)c1ccc(Br)cc1. The normalized spacial score (nSPS) is 11.6. The lowest BCUT2D eigenvalue weighted by molar-refractivity contribution is 1.18. The van der Waals surface area contributed by atoms with Crippen molar-refractivity contribution in [2.24, 2.45) is 5.10 Å². The topological polar surface area (TPSA) is 50.2 Å². The minimum absolute atomic E-state index is 0.559. The van der Waals surface area contributed by atoms with Gasteiger partial charge in [0.1, 0.15) is 0 Å². The lowest BCUT2D eigenvalue weighted by Crippen LogP contribution is -2.03. The van der Waals surface area contributed by atoms with Crippen molar-refractivity contribution in [3.8, 4) is 11.4 Å². The smallest absolute Gasteiger partial charge is 0.163 e. The van der Waals surface area contributed by atoms with Crippen LogP contribution in [0.2, 0.25) is 5.02 Å². The molecule has 138 valence electrons. The Morgan fingerprint density at radius 1 is 0.929 bits per heavy atom. The molecule has 4 nitrogen and oxygen atoms in total. The molecule has 4 aromatic rings. The second-order valence-corrected chi connectivity index (χ2v) is 7.53. The Morgan fingerprint density at radius 2 is 1.64 bits per heavy atom. The van der Waals surface area contributed by atoms with Crippen LogP contribution in [0.1, 0.15) is 12.5 Å². The second kappa shape index (κ2) is 8.09. The Bertz CT molecular complexity index is 1170. The lowest BCUT2D eigenvalue weighted by atomic mass is 10.1. The van der Waals surface area contributed by atoms with E-state index in [1.165, 1.54) is 0 Å². The molecule has 0 fully saturated rings. The highest BCUT2D eigenvalue weighted by Gasteiger charge is 2.11. The van der Waals surface area contributed by atoms with Crippen LogP contribution >= 0.6 is 27.5 Å². The molecule has 0 saturated carbocycles. The molecular formula is C22H16BrClN4. The summed E-state index contributed by atoms with van der Waals surface area (Å²) in [6.07, 6.45) is 0. The zero-order chi connectivity index (χ0) is 19.5. The molecule has 28 heavy (non-hydrogen) atoms. The summed E-state index contributed by atoms with van der Waals surface area (Å²) in [6, 6.07) is 23.4. The predicted molar refractivity (Wildman–Crippen MR) is 120 cm³/mol. The van der Waals surface area contributed by atoms with Gasteiger partial charge in [-0.05, 0) is 48.9 Å². The van der Waals surface area contributed by atoms with Crippen molar-refractivity contribution in [2.75, 3.05) is 5.43 Å². The highest BCUT2D eigenvalue weighted by molar-refractivity contribution is 9.10. The van der Waals surface area contributed by atoms with Gasteiger partial charge in [-0.15, -0.1) is 0 Å². The predicted octanol–water partition coefficient (Wildman–Crippen LogP) is 6.55. The van der Waals surface area contributed by atoms with Crippen molar-refractivity contribution in [1.82, 2.24) is 9.97 Å². The van der Waals surface area contributed by atoms with Crippen molar-refractivity contribution in [1.29, 1.82) is 0 Å². The second-order valence-electron chi connectivity index (χ2n) is 6.21. The largest absolute Gasteiger partial charge is 0.260 e. The Balaban J connectivity index is 1.76. The molecule has 0 aliphatic carbocycles. The number of halogens is 2. The molecule has 4 rings (SSSR count). The number of hydrazone groups is 1. The van der Waals surface area contributed by atoms with Crippen LogP contribution in [0.3, 0.4) is 0 Å².